The van der Waals surface area contributed by atoms with Crippen molar-refractivity contribution in [3.05, 3.63) is 30.3 Å². The van der Waals surface area contributed by atoms with Crippen LogP contribution in [0.1, 0.15) is 12.8 Å². The Labute approximate surface area is 154 Å². The topological polar surface area (TPSA) is 95.6 Å². The highest BCUT2D eigenvalue weighted by atomic mass is 35.5. The number of nitrogens with one attached hydrogen (secondary N) is 2. The maximum Gasteiger partial charge on any atom is 0.244 e. The molecule has 0 unspecified atom stereocenters. The lowest BCUT2D eigenvalue weighted by Gasteiger charge is -2.37. The van der Waals surface area contributed by atoms with Crippen LogP contribution >= 0.6 is 12.4 Å². The molecule has 1 heterocycles. The Hall–Kier alpha value is -1.64. The predicted molar refractivity (Wildman–Crippen MR) is 99.6 cm³/mol. The van der Waals surface area contributed by atoms with Gasteiger partial charge in [0, 0.05) is 19.0 Å². The Balaban J connectivity index is 0.00000312. The van der Waals surface area contributed by atoms with Gasteiger partial charge in [0.05, 0.1) is 6.54 Å². The molecule has 2 rings (SSSR count). The van der Waals surface area contributed by atoms with Crippen LogP contribution in [0.5, 0.6) is 0 Å². The van der Waals surface area contributed by atoms with Gasteiger partial charge in [-0.25, -0.2) is 8.42 Å². The van der Waals surface area contributed by atoms with Gasteiger partial charge < -0.3 is 15.5 Å². The molecule has 1 aliphatic heterocycles. The van der Waals surface area contributed by atoms with Crippen molar-refractivity contribution in [3.8, 4) is 0 Å². The molecule has 1 saturated heterocycles. The minimum atomic E-state index is -3.59. The van der Waals surface area contributed by atoms with Crippen LogP contribution in [0, 0.1) is 0 Å². The third kappa shape index (κ3) is 4.93. The molecule has 25 heavy (non-hydrogen) atoms. The number of amides is 2. The quantitative estimate of drug-likeness (QED) is 0.771. The average Bonchev–Trinajstić information content (AvgIpc) is 2.54. The van der Waals surface area contributed by atoms with Crippen LogP contribution in [-0.4, -0.2) is 62.8 Å². The van der Waals surface area contributed by atoms with Gasteiger partial charge >= 0.3 is 0 Å². The Morgan fingerprint density at radius 2 is 1.76 bits per heavy atom. The van der Waals surface area contributed by atoms with Crippen molar-refractivity contribution >= 4 is 39.7 Å². The summed E-state index contributed by atoms with van der Waals surface area (Å²) in [6, 6.07) is 8.89. The molecule has 0 aromatic heterocycles. The number of anilines is 1. The molecule has 1 aliphatic rings. The lowest BCUT2D eigenvalue weighted by Crippen LogP contribution is -2.58. The van der Waals surface area contributed by atoms with Crippen LogP contribution in [0.2, 0.25) is 0 Å². The second kappa shape index (κ2) is 8.64. The zero-order valence-corrected chi connectivity index (χ0v) is 16.0. The van der Waals surface area contributed by atoms with Crippen LogP contribution in [0.15, 0.2) is 30.3 Å². The highest BCUT2D eigenvalue weighted by Gasteiger charge is 2.50. The van der Waals surface area contributed by atoms with E-state index in [-0.39, 0.29) is 37.7 Å². The Kier molecular flexibility index (Phi) is 7.40. The van der Waals surface area contributed by atoms with Gasteiger partial charge in [-0.05, 0) is 38.1 Å². The van der Waals surface area contributed by atoms with Crippen molar-refractivity contribution < 1.29 is 18.0 Å². The van der Waals surface area contributed by atoms with E-state index in [2.05, 4.69) is 10.6 Å². The summed E-state index contributed by atoms with van der Waals surface area (Å²) in [5, 5.41) is 5.75. The Morgan fingerprint density at radius 3 is 2.28 bits per heavy atom. The largest absolute Gasteiger partial charge is 0.335 e. The number of hydrogen-bond donors (Lipinski definition) is 2. The number of sulfone groups is 1. The predicted octanol–water partition coefficient (Wildman–Crippen LogP) is 0.672. The minimum absolute atomic E-state index is 0. The van der Waals surface area contributed by atoms with E-state index in [9.17, 15) is 18.0 Å². The first-order valence-corrected chi connectivity index (χ1v) is 9.66. The van der Waals surface area contributed by atoms with Crippen molar-refractivity contribution in [2.45, 2.75) is 17.6 Å². The number of hydrogen-bond acceptors (Lipinski definition) is 5. The second-order valence-electron chi connectivity index (χ2n) is 6.09. The van der Waals surface area contributed by atoms with Gasteiger partial charge in [0.2, 0.25) is 11.8 Å². The highest BCUT2D eigenvalue weighted by molar-refractivity contribution is 7.92. The number of rotatable bonds is 5. The van der Waals surface area contributed by atoms with Crippen molar-refractivity contribution in [1.82, 2.24) is 10.2 Å². The first-order chi connectivity index (χ1) is 11.3. The molecule has 0 saturated carbocycles. The number of carbonyl (C=O) groups excluding carboxylic acids is 2. The number of nitrogens with zero attached hydrogens (tertiary/aromatic N) is 1. The summed E-state index contributed by atoms with van der Waals surface area (Å²) in [6.45, 7) is 0.726. The molecule has 9 heteroatoms. The zero-order chi connectivity index (χ0) is 17.8. The fourth-order valence-corrected chi connectivity index (χ4v) is 4.35. The van der Waals surface area contributed by atoms with Gasteiger partial charge in [-0.15, -0.1) is 12.4 Å². The molecule has 1 aromatic carbocycles. The number of piperidine rings is 1. The summed E-state index contributed by atoms with van der Waals surface area (Å²) in [5.74, 6) is -0.885. The van der Waals surface area contributed by atoms with E-state index in [4.69, 9.17) is 0 Å². The van der Waals surface area contributed by atoms with Crippen molar-refractivity contribution in [3.63, 3.8) is 0 Å². The molecule has 1 fully saturated rings. The smallest absolute Gasteiger partial charge is 0.244 e. The lowest BCUT2D eigenvalue weighted by atomic mass is 9.95. The molecule has 0 radical (unpaired) electrons. The van der Waals surface area contributed by atoms with E-state index in [1.165, 1.54) is 11.9 Å². The first kappa shape index (κ1) is 21.4. The fraction of sp³-hybridized carbons (Fsp3) is 0.500. The van der Waals surface area contributed by atoms with Gasteiger partial charge in [0.1, 0.15) is 0 Å². The molecule has 0 bridgehead atoms. The first-order valence-electron chi connectivity index (χ1n) is 7.77. The fourth-order valence-electron chi connectivity index (χ4n) is 2.93. The normalized spacial score (nSPS) is 16.4. The van der Waals surface area contributed by atoms with E-state index < -0.39 is 20.5 Å². The van der Waals surface area contributed by atoms with Crippen molar-refractivity contribution in [1.29, 1.82) is 0 Å². The maximum absolute atomic E-state index is 12.8. The van der Waals surface area contributed by atoms with E-state index in [1.807, 2.05) is 6.07 Å². The van der Waals surface area contributed by atoms with Gasteiger partial charge in [0.25, 0.3) is 0 Å². The zero-order valence-electron chi connectivity index (χ0n) is 14.3. The number of para-hydroxylation sites is 1. The maximum atomic E-state index is 12.8. The van der Waals surface area contributed by atoms with E-state index in [0.29, 0.717) is 18.8 Å². The summed E-state index contributed by atoms with van der Waals surface area (Å²) in [5.41, 5.74) is 0.628. The van der Waals surface area contributed by atoms with Gasteiger partial charge in [-0.1, -0.05) is 18.2 Å². The minimum Gasteiger partial charge on any atom is -0.335 e. The van der Waals surface area contributed by atoms with Gasteiger partial charge in [0.15, 0.2) is 14.6 Å². The van der Waals surface area contributed by atoms with E-state index in [1.54, 1.807) is 24.3 Å². The summed E-state index contributed by atoms with van der Waals surface area (Å²) >= 11 is 0. The molecule has 1 aromatic rings. The van der Waals surface area contributed by atoms with E-state index >= 15 is 0 Å². The van der Waals surface area contributed by atoms with Crippen LogP contribution in [0.4, 0.5) is 5.69 Å². The molecular formula is C16H24ClN3O4S. The SMILES string of the molecule is CN(CC(=O)Nc1ccccc1)C(=O)C1(S(C)(=O)=O)CCNCC1.Cl. The molecule has 0 spiro atoms. The molecule has 2 N–H and O–H groups in total. The monoisotopic (exact) mass is 389 g/mol. The molecule has 7 nitrogen and oxygen atoms in total. The Morgan fingerprint density at radius 1 is 1.20 bits per heavy atom. The third-order valence-electron chi connectivity index (χ3n) is 4.30. The van der Waals surface area contributed by atoms with Gasteiger partial charge in [-0.2, -0.15) is 0 Å². The van der Waals surface area contributed by atoms with Crippen LogP contribution in [0.3, 0.4) is 0 Å². The molecule has 0 atom stereocenters. The summed E-state index contributed by atoms with van der Waals surface area (Å²) in [4.78, 5) is 26.1. The summed E-state index contributed by atoms with van der Waals surface area (Å²) in [6.07, 6.45) is 1.53. The standard InChI is InChI=1S/C16H23N3O4S.ClH/c1-19(12-14(20)18-13-6-4-3-5-7-13)15(21)16(24(2,22)23)8-10-17-11-9-16;/h3-7,17H,8-12H2,1-2H3,(H,18,20);1H. The second-order valence-corrected chi connectivity index (χ2v) is 8.42. The molecular weight excluding hydrogens is 366 g/mol. The molecule has 140 valence electrons. The number of likely N-dealkylation sites (N-methyl/N-ethyl adjacent to an activating group) is 1. The number of carbonyl (C=O) groups is 2. The number of halogens is 1. The summed E-state index contributed by atoms with van der Waals surface area (Å²) < 4.78 is 23.1. The average molecular weight is 390 g/mol. The molecule has 2 amide bonds. The molecule has 0 aliphatic carbocycles. The van der Waals surface area contributed by atoms with E-state index in [0.717, 1.165) is 6.26 Å². The van der Waals surface area contributed by atoms with Crippen LogP contribution < -0.4 is 10.6 Å². The third-order valence-corrected chi connectivity index (χ3v) is 6.30. The lowest BCUT2D eigenvalue weighted by molar-refractivity contribution is -0.136. The van der Waals surface area contributed by atoms with Crippen molar-refractivity contribution in [2.24, 2.45) is 0 Å². The highest BCUT2D eigenvalue weighted by Crippen LogP contribution is 2.29. The van der Waals surface area contributed by atoms with Crippen molar-refractivity contribution in [2.75, 3.05) is 38.3 Å². The van der Waals surface area contributed by atoms with Crippen LogP contribution in [0.25, 0.3) is 0 Å². The summed E-state index contributed by atoms with van der Waals surface area (Å²) in [7, 11) is -2.13. The number of benzene rings is 1. The Bertz CT molecular complexity index is 703. The van der Waals surface area contributed by atoms with Crippen LogP contribution in [-0.2, 0) is 19.4 Å². The van der Waals surface area contributed by atoms with Gasteiger partial charge in [-0.3, -0.25) is 9.59 Å².